The number of fused-ring (bicyclic) bond motifs is 1. The normalized spacial score (nSPS) is 14.5. The summed E-state index contributed by atoms with van der Waals surface area (Å²) in [7, 11) is 2.13. The third-order valence-electron chi connectivity index (χ3n) is 5.72. The lowest BCUT2D eigenvalue weighted by Crippen LogP contribution is -2.44. The van der Waals surface area contributed by atoms with Crippen molar-refractivity contribution in [3.63, 3.8) is 0 Å². The maximum absolute atomic E-state index is 12.8. The molecule has 3 aromatic heterocycles. The Kier molecular flexibility index (Phi) is 5.84. The molecular weight excluding hydrogens is 440 g/mol. The van der Waals surface area contributed by atoms with E-state index in [1.54, 1.807) is 30.9 Å². The number of nitrogens with zero attached hydrogens (tertiary/aromatic N) is 4. The van der Waals surface area contributed by atoms with E-state index in [0.29, 0.717) is 22.5 Å². The third kappa shape index (κ3) is 4.62. The fourth-order valence-electron chi connectivity index (χ4n) is 3.74. The number of piperazine rings is 1. The second-order valence-electron chi connectivity index (χ2n) is 8.01. The van der Waals surface area contributed by atoms with Crippen LogP contribution in [0.1, 0.15) is 25.6 Å². The Bertz CT molecular complexity index is 1250. The van der Waals surface area contributed by atoms with Gasteiger partial charge >= 0.3 is 0 Å². The second kappa shape index (κ2) is 9.08. The van der Waals surface area contributed by atoms with Gasteiger partial charge < -0.3 is 19.5 Å². The molecule has 0 atom stereocenters. The van der Waals surface area contributed by atoms with E-state index in [2.05, 4.69) is 32.7 Å². The number of nitrogens with one attached hydrogen (secondary N) is 2. The Hall–Kier alpha value is -3.63. The van der Waals surface area contributed by atoms with E-state index < -0.39 is 0 Å². The Labute approximate surface area is 194 Å². The van der Waals surface area contributed by atoms with E-state index in [4.69, 9.17) is 4.42 Å². The standard InChI is InChI=1S/C23H24N6O3S/c1-27-7-9-28(10-8-27)18-4-2-17(3-5-18)22(30)26-29-19-12-20(33-21(19)14-25-29)23(31)24-13-16-6-11-32-15-16/h2-6,11-12,14-15H,7-10,13H2,1H3,(H,24,31)(H,26,30). The van der Waals surface area contributed by atoms with Crippen LogP contribution in [0.4, 0.5) is 5.69 Å². The summed E-state index contributed by atoms with van der Waals surface area (Å²) in [6.07, 6.45) is 4.80. The van der Waals surface area contributed by atoms with Gasteiger partial charge in [0.1, 0.15) is 5.52 Å². The summed E-state index contributed by atoms with van der Waals surface area (Å²) in [6, 6.07) is 11.1. The molecule has 2 N–H and O–H groups in total. The van der Waals surface area contributed by atoms with Crippen molar-refractivity contribution < 1.29 is 14.0 Å². The Balaban J connectivity index is 1.24. The molecule has 1 fully saturated rings. The fourth-order valence-corrected chi connectivity index (χ4v) is 4.66. The van der Waals surface area contributed by atoms with Crippen molar-refractivity contribution in [2.75, 3.05) is 43.6 Å². The number of furan rings is 1. The first-order valence-electron chi connectivity index (χ1n) is 10.7. The van der Waals surface area contributed by atoms with Gasteiger partial charge in [-0.25, -0.2) is 5.43 Å². The number of thiophene rings is 1. The van der Waals surface area contributed by atoms with Gasteiger partial charge in [0.25, 0.3) is 11.8 Å². The molecule has 0 aliphatic carbocycles. The molecule has 9 nitrogen and oxygen atoms in total. The quantitative estimate of drug-likeness (QED) is 0.456. The van der Waals surface area contributed by atoms with Crippen LogP contribution >= 0.6 is 11.3 Å². The largest absolute Gasteiger partial charge is 0.472 e. The van der Waals surface area contributed by atoms with Crippen LogP contribution in [0.3, 0.4) is 0 Å². The predicted octanol–water partition coefficient (Wildman–Crippen LogP) is 2.76. The van der Waals surface area contributed by atoms with Crippen molar-refractivity contribution >= 4 is 39.1 Å². The van der Waals surface area contributed by atoms with Crippen molar-refractivity contribution in [3.8, 4) is 0 Å². The lowest BCUT2D eigenvalue weighted by Gasteiger charge is -2.34. The van der Waals surface area contributed by atoms with Crippen molar-refractivity contribution in [2.24, 2.45) is 0 Å². The van der Waals surface area contributed by atoms with Crippen LogP contribution in [-0.4, -0.2) is 59.8 Å². The Morgan fingerprint density at radius 1 is 1.09 bits per heavy atom. The van der Waals surface area contributed by atoms with Gasteiger partial charge in [-0.15, -0.1) is 11.3 Å². The first kappa shape index (κ1) is 21.2. The highest BCUT2D eigenvalue weighted by molar-refractivity contribution is 7.20. The summed E-state index contributed by atoms with van der Waals surface area (Å²) >= 11 is 1.33. The zero-order valence-corrected chi connectivity index (χ0v) is 19.0. The average molecular weight is 465 g/mol. The van der Waals surface area contributed by atoms with Crippen molar-refractivity contribution in [2.45, 2.75) is 6.54 Å². The molecule has 170 valence electrons. The molecule has 0 saturated carbocycles. The molecule has 0 radical (unpaired) electrons. The first-order valence-corrected chi connectivity index (χ1v) is 11.5. The summed E-state index contributed by atoms with van der Waals surface area (Å²) in [5, 5.41) is 7.10. The van der Waals surface area contributed by atoms with Gasteiger partial charge in [-0.2, -0.15) is 9.89 Å². The van der Waals surface area contributed by atoms with Crippen LogP contribution in [0.15, 0.2) is 59.5 Å². The summed E-state index contributed by atoms with van der Waals surface area (Å²) in [6.45, 7) is 4.40. The summed E-state index contributed by atoms with van der Waals surface area (Å²) < 4.78 is 5.83. The molecule has 5 rings (SSSR count). The smallest absolute Gasteiger partial charge is 0.271 e. The minimum absolute atomic E-state index is 0.185. The molecule has 4 aromatic rings. The number of hydrogen-bond donors (Lipinski definition) is 2. The minimum atomic E-state index is -0.262. The third-order valence-corrected chi connectivity index (χ3v) is 6.78. The van der Waals surface area contributed by atoms with E-state index in [9.17, 15) is 9.59 Å². The molecule has 1 aromatic carbocycles. The summed E-state index contributed by atoms with van der Waals surface area (Å²) in [5.74, 6) is -0.447. The molecule has 0 unspecified atom stereocenters. The molecule has 10 heteroatoms. The monoisotopic (exact) mass is 464 g/mol. The molecule has 0 bridgehead atoms. The number of amides is 2. The van der Waals surface area contributed by atoms with Gasteiger partial charge in [0.15, 0.2) is 0 Å². The van der Waals surface area contributed by atoms with E-state index in [1.165, 1.54) is 16.1 Å². The topological polar surface area (TPSA) is 95.6 Å². The van der Waals surface area contributed by atoms with Gasteiger partial charge in [-0.1, -0.05) is 0 Å². The summed E-state index contributed by atoms with van der Waals surface area (Å²) in [4.78, 5) is 31.9. The van der Waals surface area contributed by atoms with Gasteiger partial charge in [0.2, 0.25) is 0 Å². The number of aromatic nitrogens is 2. The number of anilines is 1. The molecule has 1 aliphatic heterocycles. The first-order chi connectivity index (χ1) is 16.1. The fraction of sp³-hybridized carbons (Fsp3) is 0.261. The van der Waals surface area contributed by atoms with Crippen molar-refractivity contribution in [1.29, 1.82) is 0 Å². The van der Waals surface area contributed by atoms with E-state index in [1.807, 2.05) is 24.3 Å². The molecule has 1 aliphatic rings. The lowest BCUT2D eigenvalue weighted by atomic mass is 10.1. The predicted molar refractivity (Wildman–Crippen MR) is 127 cm³/mol. The van der Waals surface area contributed by atoms with Gasteiger partial charge in [-0.05, 0) is 43.4 Å². The van der Waals surface area contributed by atoms with E-state index >= 15 is 0 Å². The van der Waals surface area contributed by atoms with Crippen LogP contribution in [0, 0.1) is 0 Å². The zero-order valence-electron chi connectivity index (χ0n) is 18.2. The minimum Gasteiger partial charge on any atom is -0.472 e. The van der Waals surface area contributed by atoms with Gasteiger partial charge in [0.05, 0.1) is 28.3 Å². The number of likely N-dealkylation sites (N-methyl/N-ethyl adjacent to an activating group) is 1. The number of benzene rings is 1. The lowest BCUT2D eigenvalue weighted by molar-refractivity contribution is 0.0954. The number of rotatable bonds is 6. The van der Waals surface area contributed by atoms with Crippen LogP contribution in [0.2, 0.25) is 0 Å². The van der Waals surface area contributed by atoms with Crippen LogP contribution in [0.5, 0.6) is 0 Å². The van der Waals surface area contributed by atoms with Crippen LogP contribution < -0.4 is 15.6 Å². The average Bonchev–Trinajstić information content (AvgIpc) is 3.57. The second-order valence-corrected chi connectivity index (χ2v) is 9.09. The van der Waals surface area contributed by atoms with E-state index in [0.717, 1.165) is 42.1 Å². The maximum atomic E-state index is 12.8. The van der Waals surface area contributed by atoms with Crippen molar-refractivity contribution in [1.82, 2.24) is 20.1 Å². The number of hydrogen-bond acceptors (Lipinski definition) is 7. The molecular formula is C23H24N6O3S. The highest BCUT2D eigenvalue weighted by Crippen LogP contribution is 2.25. The van der Waals surface area contributed by atoms with Gasteiger partial charge in [0, 0.05) is 49.5 Å². The Morgan fingerprint density at radius 2 is 1.88 bits per heavy atom. The molecule has 4 heterocycles. The van der Waals surface area contributed by atoms with Crippen LogP contribution in [0.25, 0.3) is 10.2 Å². The summed E-state index contributed by atoms with van der Waals surface area (Å²) in [5.41, 5.74) is 6.03. The van der Waals surface area contributed by atoms with Crippen molar-refractivity contribution in [3.05, 3.63) is 71.1 Å². The highest BCUT2D eigenvalue weighted by atomic mass is 32.1. The highest BCUT2D eigenvalue weighted by Gasteiger charge is 2.17. The molecule has 2 amide bonds. The van der Waals surface area contributed by atoms with E-state index in [-0.39, 0.29) is 11.8 Å². The van der Waals surface area contributed by atoms with Crippen LogP contribution in [-0.2, 0) is 6.54 Å². The SMILES string of the molecule is CN1CCN(c2ccc(C(=O)Nn3ncc4sc(C(=O)NCc5ccoc5)cc43)cc2)CC1. The van der Waals surface area contributed by atoms with Gasteiger partial charge in [-0.3, -0.25) is 9.59 Å². The molecule has 0 spiro atoms. The zero-order chi connectivity index (χ0) is 22.8. The maximum Gasteiger partial charge on any atom is 0.271 e. The molecule has 1 saturated heterocycles. The Morgan fingerprint density at radius 3 is 2.61 bits per heavy atom. The number of carbonyl (C=O) groups excluding carboxylic acids is 2. The number of carbonyl (C=O) groups is 2. The molecule has 33 heavy (non-hydrogen) atoms.